The summed E-state index contributed by atoms with van der Waals surface area (Å²) in [4.78, 5) is 41.8. The maximum atomic E-state index is 12.5. The number of aromatic nitrogens is 2. The van der Waals surface area contributed by atoms with Crippen LogP contribution < -0.4 is 10.2 Å². The van der Waals surface area contributed by atoms with E-state index in [9.17, 15) is 14.4 Å². The largest absolute Gasteiger partial charge is 0.452 e. The molecule has 0 bridgehead atoms. The highest BCUT2D eigenvalue weighted by molar-refractivity contribution is 6.31. The number of hydrogen-bond acceptors (Lipinski definition) is 5. The van der Waals surface area contributed by atoms with Crippen LogP contribution in [0.3, 0.4) is 0 Å². The minimum Gasteiger partial charge on any atom is -0.452 e. The van der Waals surface area contributed by atoms with Gasteiger partial charge in [-0.25, -0.2) is 9.78 Å². The summed E-state index contributed by atoms with van der Waals surface area (Å²) >= 11 is 6.11. The molecule has 0 unspecified atom stereocenters. The Morgan fingerprint density at radius 3 is 2.86 bits per heavy atom. The molecule has 0 aliphatic carbocycles. The van der Waals surface area contributed by atoms with Crippen molar-refractivity contribution >= 4 is 52.5 Å². The Hall–Kier alpha value is -3.65. The average molecular weight is 411 g/mol. The van der Waals surface area contributed by atoms with Gasteiger partial charge in [-0.05, 0) is 30.3 Å². The highest BCUT2D eigenvalue weighted by Crippen LogP contribution is 2.28. The predicted octanol–water partition coefficient (Wildman–Crippen LogP) is 2.53. The second-order valence-corrected chi connectivity index (χ2v) is 6.56. The van der Waals surface area contributed by atoms with Gasteiger partial charge in [-0.3, -0.25) is 18.9 Å². The number of ether oxygens (including phenoxy) is 1. The molecule has 146 valence electrons. The molecule has 0 fully saturated rings. The molecule has 3 aromatic rings. The van der Waals surface area contributed by atoms with Gasteiger partial charge in [-0.1, -0.05) is 29.8 Å². The van der Waals surface area contributed by atoms with Crippen molar-refractivity contribution in [2.75, 3.05) is 23.4 Å². The van der Waals surface area contributed by atoms with E-state index < -0.39 is 18.5 Å². The van der Waals surface area contributed by atoms with E-state index in [1.54, 1.807) is 40.9 Å². The lowest BCUT2D eigenvalue weighted by atomic mass is 10.2. The molecule has 1 aromatic carbocycles. The van der Waals surface area contributed by atoms with Crippen molar-refractivity contribution in [1.82, 2.24) is 9.38 Å². The Morgan fingerprint density at radius 1 is 1.21 bits per heavy atom. The molecule has 3 heterocycles. The number of anilines is 2. The number of pyridine rings is 1. The lowest BCUT2D eigenvalue weighted by Gasteiger charge is -2.28. The van der Waals surface area contributed by atoms with Crippen molar-refractivity contribution < 1.29 is 19.1 Å². The number of fused-ring (bicyclic) bond motifs is 2. The fourth-order valence-corrected chi connectivity index (χ4v) is 3.24. The third-order valence-corrected chi connectivity index (χ3v) is 4.59. The molecular weight excluding hydrogens is 396 g/mol. The number of carbonyl (C=O) groups is 3. The van der Waals surface area contributed by atoms with Crippen LogP contribution in [-0.4, -0.2) is 40.3 Å². The molecule has 8 nitrogen and oxygen atoms in total. The molecule has 29 heavy (non-hydrogen) atoms. The summed E-state index contributed by atoms with van der Waals surface area (Å²) < 4.78 is 6.76. The highest BCUT2D eigenvalue weighted by atomic mass is 35.5. The van der Waals surface area contributed by atoms with Crippen molar-refractivity contribution in [3.05, 3.63) is 65.6 Å². The van der Waals surface area contributed by atoms with E-state index in [1.807, 2.05) is 12.1 Å². The summed E-state index contributed by atoms with van der Waals surface area (Å²) in [6.07, 6.45) is 4.41. The third-order valence-electron chi connectivity index (χ3n) is 4.31. The predicted molar refractivity (Wildman–Crippen MR) is 108 cm³/mol. The first-order chi connectivity index (χ1) is 14.0. The Kier molecular flexibility index (Phi) is 5.01. The van der Waals surface area contributed by atoms with Crippen LogP contribution in [0.4, 0.5) is 11.4 Å². The van der Waals surface area contributed by atoms with Gasteiger partial charge < -0.3 is 10.1 Å². The smallest absolute Gasteiger partial charge is 0.331 e. The second kappa shape index (κ2) is 7.76. The number of halogens is 1. The van der Waals surface area contributed by atoms with Crippen LogP contribution in [0, 0.1) is 0 Å². The Morgan fingerprint density at radius 2 is 2.00 bits per heavy atom. The van der Waals surface area contributed by atoms with E-state index in [-0.39, 0.29) is 17.6 Å². The molecule has 0 saturated carbocycles. The van der Waals surface area contributed by atoms with E-state index in [4.69, 9.17) is 16.3 Å². The quantitative estimate of drug-likeness (QED) is 0.527. The zero-order valence-electron chi connectivity index (χ0n) is 15.0. The van der Waals surface area contributed by atoms with E-state index in [0.717, 1.165) is 0 Å². The molecule has 4 rings (SSSR count). The summed E-state index contributed by atoms with van der Waals surface area (Å²) in [5.41, 5.74) is 2.25. The lowest BCUT2D eigenvalue weighted by Crippen LogP contribution is -2.43. The molecule has 2 aromatic heterocycles. The molecule has 0 spiro atoms. The van der Waals surface area contributed by atoms with Gasteiger partial charge >= 0.3 is 5.97 Å². The summed E-state index contributed by atoms with van der Waals surface area (Å²) in [6, 6.07) is 12.3. The number of amides is 2. The standard InChI is InChI=1S/C20H15ClN4O4/c21-20-15(24-10-4-3-7-16(24)23-20)8-9-19(28)29-12-18(27)25-11-17(26)22-13-5-1-2-6-14(13)25/h1-10H,11-12H2,(H,22,26)/b9-8+. The Labute approximate surface area is 170 Å². The number of esters is 1. The molecule has 0 radical (unpaired) electrons. The van der Waals surface area contributed by atoms with Gasteiger partial charge in [0.2, 0.25) is 5.91 Å². The number of imidazole rings is 1. The first-order valence-corrected chi connectivity index (χ1v) is 9.07. The van der Waals surface area contributed by atoms with Crippen molar-refractivity contribution in [3.8, 4) is 0 Å². The molecule has 0 atom stereocenters. The van der Waals surface area contributed by atoms with Crippen molar-refractivity contribution in [2.45, 2.75) is 0 Å². The number of benzene rings is 1. The van der Waals surface area contributed by atoms with Crippen LogP contribution >= 0.6 is 11.6 Å². The topological polar surface area (TPSA) is 93.0 Å². The van der Waals surface area contributed by atoms with Crippen molar-refractivity contribution in [2.24, 2.45) is 0 Å². The summed E-state index contributed by atoms with van der Waals surface area (Å²) in [5.74, 6) is -1.53. The molecule has 1 N–H and O–H groups in total. The van der Waals surface area contributed by atoms with E-state index in [2.05, 4.69) is 10.3 Å². The number of para-hydroxylation sites is 2. The summed E-state index contributed by atoms with van der Waals surface area (Å²) in [6.45, 7) is -0.633. The third kappa shape index (κ3) is 3.83. The zero-order chi connectivity index (χ0) is 20.4. The van der Waals surface area contributed by atoms with Gasteiger partial charge in [0.15, 0.2) is 11.8 Å². The van der Waals surface area contributed by atoms with Crippen LogP contribution in [0.5, 0.6) is 0 Å². The van der Waals surface area contributed by atoms with Crippen LogP contribution in [0.1, 0.15) is 5.69 Å². The van der Waals surface area contributed by atoms with Gasteiger partial charge in [0, 0.05) is 12.3 Å². The maximum Gasteiger partial charge on any atom is 0.331 e. The molecule has 2 amide bonds. The molecule has 0 saturated heterocycles. The lowest BCUT2D eigenvalue weighted by molar-refractivity contribution is -0.143. The highest BCUT2D eigenvalue weighted by Gasteiger charge is 2.27. The SMILES string of the molecule is O=C1CN(C(=O)COC(=O)/C=C/c2c(Cl)nc3ccccn23)c2ccccc2N1. The van der Waals surface area contributed by atoms with Crippen LogP contribution in [0.2, 0.25) is 5.15 Å². The number of rotatable bonds is 4. The van der Waals surface area contributed by atoms with Gasteiger partial charge in [-0.15, -0.1) is 0 Å². The Bertz CT molecular complexity index is 1150. The fraction of sp³-hybridized carbons (Fsp3) is 0.100. The monoisotopic (exact) mass is 410 g/mol. The van der Waals surface area contributed by atoms with Crippen molar-refractivity contribution in [1.29, 1.82) is 0 Å². The van der Waals surface area contributed by atoms with Crippen LogP contribution in [0.15, 0.2) is 54.7 Å². The van der Waals surface area contributed by atoms with E-state index in [0.29, 0.717) is 22.7 Å². The fourth-order valence-electron chi connectivity index (χ4n) is 3.00. The summed E-state index contributed by atoms with van der Waals surface area (Å²) in [5, 5.41) is 2.94. The normalized spacial score (nSPS) is 13.4. The van der Waals surface area contributed by atoms with Crippen LogP contribution in [0.25, 0.3) is 11.7 Å². The molecule has 1 aliphatic rings. The summed E-state index contributed by atoms with van der Waals surface area (Å²) in [7, 11) is 0. The van der Waals surface area contributed by atoms with E-state index >= 15 is 0 Å². The zero-order valence-corrected chi connectivity index (χ0v) is 15.8. The van der Waals surface area contributed by atoms with Gasteiger partial charge in [0.05, 0.1) is 17.1 Å². The maximum absolute atomic E-state index is 12.5. The van der Waals surface area contributed by atoms with Gasteiger partial charge in [0.25, 0.3) is 5.91 Å². The minimum absolute atomic E-state index is 0.138. The second-order valence-electron chi connectivity index (χ2n) is 6.20. The number of hydrogen-bond donors (Lipinski definition) is 1. The minimum atomic E-state index is -0.713. The Balaban J connectivity index is 1.42. The first-order valence-electron chi connectivity index (χ1n) is 8.69. The van der Waals surface area contributed by atoms with Gasteiger partial charge in [-0.2, -0.15) is 0 Å². The first kappa shape index (κ1) is 18.7. The molecule has 1 aliphatic heterocycles. The van der Waals surface area contributed by atoms with E-state index in [1.165, 1.54) is 17.1 Å². The van der Waals surface area contributed by atoms with Gasteiger partial charge in [0.1, 0.15) is 12.2 Å². The molecular formula is C20H15ClN4O4. The van der Waals surface area contributed by atoms with Crippen LogP contribution in [-0.2, 0) is 19.1 Å². The number of nitrogens with zero attached hydrogens (tertiary/aromatic N) is 3. The average Bonchev–Trinajstić information content (AvgIpc) is 3.04. The number of nitrogens with one attached hydrogen (secondary N) is 1. The van der Waals surface area contributed by atoms with Crippen molar-refractivity contribution in [3.63, 3.8) is 0 Å². The molecule has 9 heteroatoms. The number of carbonyl (C=O) groups excluding carboxylic acids is 3.